The number of nitro groups is 1. The first-order chi connectivity index (χ1) is 9.93. The minimum atomic E-state index is -0.580. The summed E-state index contributed by atoms with van der Waals surface area (Å²) in [5.74, 6) is -1.13. The molecule has 1 aromatic carbocycles. The van der Waals surface area contributed by atoms with Gasteiger partial charge < -0.3 is 15.1 Å². The summed E-state index contributed by atoms with van der Waals surface area (Å²) < 4.78 is 0. The number of nitro benzene ring substituents is 1. The predicted molar refractivity (Wildman–Crippen MR) is 75.7 cm³/mol. The van der Waals surface area contributed by atoms with E-state index >= 15 is 0 Å². The Labute approximate surface area is 121 Å². The number of hydrogen-bond acceptors (Lipinski definition) is 5. The number of nitrogens with one attached hydrogen (secondary N) is 1. The van der Waals surface area contributed by atoms with Gasteiger partial charge in [0, 0.05) is 39.8 Å². The summed E-state index contributed by atoms with van der Waals surface area (Å²) in [5.41, 5.74) is 0.971. The van der Waals surface area contributed by atoms with Crippen molar-refractivity contribution in [3.05, 3.63) is 33.9 Å². The van der Waals surface area contributed by atoms with E-state index in [2.05, 4.69) is 5.32 Å². The number of amides is 2. The van der Waals surface area contributed by atoms with Crippen molar-refractivity contribution in [2.24, 2.45) is 0 Å². The van der Waals surface area contributed by atoms with Gasteiger partial charge in [-0.2, -0.15) is 0 Å². The Hall–Kier alpha value is -2.64. The van der Waals surface area contributed by atoms with Crippen molar-refractivity contribution in [1.29, 1.82) is 0 Å². The molecule has 1 aliphatic heterocycles. The molecule has 1 aliphatic rings. The van der Waals surface area contributed by atoms with E-state index < -0.39 is 16.7 Å². The first-order valence-electron chi connectivity index (χ1n) is 6.43. The highest BCUT2D eigenvalue weighted by molar-refractivity contribution is 6.35. The van der Waals surface area contributed by atoms with Crippen LogP contribution in [0.25, 0.3) is 0 Å². The summed E-state index contributed by atoms with van der Waals surface area (Å²) in [6.07, 6.45) is 0. The van der Waals surface area contributed by atoms with Crippen LogP contribution in [0.3, 0.4) is 0 Å². The zero-order chi connectivity index (χ0) is 15.6. The number of hydrogen-bond donors (Lipinski definition) is 1. The van der Waals surface area contributed by atoms with E-state index in [0.29, 0.717) is 24.3 Å². The quantitative estimate of drug-likeness (QED) is 0.493. The summed E-state index contributed by atoms with van der Waals surface area (Å²) in [6.45, 7) is 1.06. The molecule has 1 N–H and O–H groups in total. The predicted octanol–water partition coefficient (Wildman–Crippen LogP) is 0.437. The lowest BCUT2D eigenvalue weighted by Crippen LogP contribution is -2.52. The van der Waals surface area contributed by atoms with Gasteiger partial charge in [0.15, 0.2) is 0 Å². The van der Waals surface area contributed by atoms with Crippen LogP contribution < -0.4 is 5.32 Å². The van der Waals surface area contributed by atoms with Crippen LogP contribution in [0.15, 0.2) is 18.2 Å². The summed E-state index contributed by atoms with van der Waals surface area (Å²) >= 11 is 0. The Morgan fingerprint density at radius 2 is 2.00 bits per heavy atom. The van der Waals surface area contributed by atoms with Gasteiger partial charge in [-0.25, -0.2) is 0 Å². The summed E-state index contributed by atoms with van der Waals surface area (Å²) in [7, 11) is 3.18. The second kappa shape index (κ2) is 5.78. The molecule has 0 aliphatic carbocycles. The van der Waals surface area contributed by atoms with Crippen molar-refractivity contribution in [3.8, 4) is 0 Å². The molecule has 0 bridgehead atoms. The molecule has 0 unspecified atom stereocenters. The smallest absolute Gasteiger partial charge is 0.312 e. The van der Waals surface area contributed by atoms with Crippen molar-refractivity contribution >= 4 is 23.2 Å². The zero-order valence-electron chi connectivity index (χ0n) is 11.8. The van der Waals surface area contributed by atoms with E-state index in [4.69, 9.17) is 0 Å². The molecular formula is C13H16N4O4. The summed E-state index contributed by atoms with van der Waals surface area (Å²) in [6, 6.07) is 4.71. The van der Waals surface area contributed by atoms with Gasteiger partial charge in [0.2, 0.25) is 0 Å². The van der Waals surface area contributed by atoms with Crippen LogP contribution in [0.2, 0.25) is 0 Å². The average molecular weight is 292 g/mol. The molecule has 0 atom stereocenters. The monoisotopic (exact) mass is 292 g/mol. The highest BCUT2D eigenvalue weighted by Crippen LogP contribution is 2.25. The molecule has 0 spiro atoms. The lowest BCUT2D eigenvalue weighted by atomic mass is 10.1. The number of nitrogens with zero attached hydrogens (tertiary/aromatic N) is 3. The van der Waals surface area contributed by atoms with E-state index in [1.165, 1.54) is 15.9 Å². The minimum absolute atomic E-state index is 0.0529. The van der Waals surface area contributed by atoms with Crippen molar-refractivity contribution in [2.45, 2.75) is 6.54 Å². The Kier molecular flexibility index (Phi) is 4.06. The molecule has 0 aromatic heterocycles. The Bertz CT molecular complexity index is 602. The Morgan fingerprint density at radius 3 is 2.62 bits per heavy atom. The molecule has 1 aromatic rings. The topological polar surface area (TPSA) is 95.8 Å². The molecule has 1 fully saturated rings. The molecule has 8 heteroatoms. The van der Waals surface area contributed by atoms with Crippen LogP contribution in [0.5, 0.6) is 0 Å². The fraction of sp³-hybridized carbons (Fsp3) is 0.385. The third-order valence-corrected chi connectivity index (χ3v) is 3.42. The lowest BCUT2D eigenvalue weighted by molar-refractivity contribution is -0.384. The van der Waals surface area contributed by atoms with Crippen molar-refractivity contribution in [3.63, 3.8) is 0 Å². The molecule has 21 heavy (non-hydrogen) atoms. The molecule has 2 rings (SSSR count). The van der Waals surface area contributed by atoms with Gasteiger partial charge in [-0.3, -0.25) is 19.7 Å². The lowest BCUT2D eigenvalue weighted by Gasteiger charge is -2.31. The maximum atomic E-state index is 11.9. The van der Waals surface area contributed by atoms with Gasteiger partial charge in [0.25, 0.3) is 5.69 Å². The van der Waals surface area contributed by atoms with Crippen LogP contribution in [-0.2, 0) is 16.1 Å². The maximum absolute atomic E-state index is 11.9. The first-order valence-corrected chi connectivity index (χ1v) is 6.43. The number of benzene rings is 1. The van der Waals surface area contributed by atoms with Crippen molar-refractivity contribution in [2.75, 3.05) is 32.5 Å². The number of piperazine rings is 1. The van der Waals surface area contributed by atoms with E-state index in [9.17, 15) is 19.7 Å². The van der Waals surface area contributed by atoms with Gasteiger partial charge in [0.1, 0.15) is 5.69 Å². The molecule has 0 saturated carbocycles. The molecule has 112 valence electrons. The van der Waals surface area contributed by atoms with E-state index in [-0.39, 0.29) is 12.2 Å². The van der Waals surface area contributed by atoms with Gasteiger partial charge in [-0.05, 0) is 11.6 Å². The van der Waals surface area contributed by atoms with Gasteiger partial charge in [-0.15, -0.1) is 0 Å². The molecule has 2 amide bonds. The summed E-state index contributed by atoms with van der Waals surface area (Å²) in [5, 5.41) is 13.8. The van der Waals surface area contributed by atoms with Crippen LogP contribution in [0.4, 0.5) is 11.4 Å². The Morgan fingerprint density at radius 1 is 1.29 bits per heavy atom. The number of likely N-dealkylation sites (N-methyl/N-ethyl adjacent to an activating group) is 1. The van der Waals surface area contributed by atoms with Crippen molar-refractivity contribution in [1.82, 2.24) is 9.80 Å². The van der Waals surface area contributed by atoms with E-state index in [0.717, 1.165) is 0 Å². The van der Waals surface area contributed by atoms with Crippen LogP contribution in [-0.4, -0.2) is 53.7 Å². The standard InChI is InChI=1S/C13H16N4O4/c1-14-10-4-3-9(7-11(10)17(20)21)8-16-6-5-15(2)12(18)13(16)19/h3-4,7,14H,5-6,8H2,1-2H3. The van der Waals surface area contributed by atoms with Gasteiger partial charge in [0.05, 0.1) is 4.92 Å². The van der Waals surface area contributed by atoms with Crippen LogP contribution >= 0.6 is 0 Å². The Balaban J connectivity index is 2.20. The normalized spacial score (nSPS) is 15.3. The molecule has 1 saturated heterocycles. The molecular weight excluding hydrogens is 276 g/mol. The molecule has 1 heterocycles. The second-order valence-corrected chi connectivity index (χ2v) is 4.81. The highest BCUT2D eigenvalue weighted by atomic mass is 16.6. The van der Waals surface area contributed by atoms with Gasteiger partial charge in [-0.1, -0.05) is 6.07 Å². The number of anilines is 1. The third-order valence-electron chi connectivity index (χ3n) is 3.42. The van der Waals surface area contributed by atoms with Crippen molar-refractivity contribution < 1.29 is 14.5 Å². The maximum Gasteiger partial charge on any atom is 0.312 e. The SMILES string of the molecule is CNc1ccc(CN2CCN(C)C(=O)C2=O)cc1[N+](=O)[O-]. The number of rotatable bonds is 4. The first kappa shape index (κ1) is 14.8. The zero-order valence-corrected chi connectivity index (χ0v) is 11.8. The second-order valence-electron chi connectivity index (χ2n) is 4.81. The fourth-order valence-corrected chi connectivity index (χ4v) is 2.18. The number of carbonyl (C=O) groups excluding carboxylic acids is 2. The average Bonchev–Trinajstić information content (AvgIpc) is 2.47. The number of carbonyl (C=O) groups is 2. The molecule has 8 nitrogen and oxygen atoms in total. The van der Waals surface area contributed by atoms with Crippen LogP contribution in [0.1, 0.15) is 5.56 Å². The highest BCUT2D eigenvalue weighted by Gasteiger charge is 2.30. The van der Waals surface area contributed by atoms with Gasteiger partial charge >= 0.3 is 11.8 Å². The van der Waals surface area contributed by atoms with Crippen LogP contribution in [0, 0.1) is 10.1 Å². The largest absolute Gasteiger partial charge is 0.383 e. The van der Waals surface area contributed by atoms with E-state index in [1.54, 1.807) is 26.2 Å². The summed E-state index contributed by atoms with van der Waals surface area (Å²) in [4.78, 5) is 36.8. The fourth-order valence-electron chi connectivity index (χ4n) is 2.18. The third kappa shape index (κ3) is 2.93. The molecule has 0 radical (unpaired) electrons. The minimum Gasteiger partial charge on any atom is -0.383 e. The van der Waals surface area contributed by atoms with E-state index in [1.807, 2.05) is 0 Å².